The van der Waals surface area contributed by atoms with Gasteiger partial charge < -0.3 is 14.6 Å². The van der Waals surface area contributed by atoms with Crippen LogP contribution in [0.4, 0.5) is 0 Å². The molecule has 0 bridgehead atoms. The standard InChI is InChI=1S/C15H21NO4/c1-19-13-9-16(10-14(13)20-2)8-12(15(17)18)11-6-4-3-5-7-11/h3-7,12-14H,8-10H2,1-2H3,(H,17,18). The van der Waals surface area contributed by atoms with E-state index in [2.05, 4.69) is 4.90 Å². The number of ether oxygens (including phenoxy) is 2. The molecule has 1 aliphatic rings. The third kappa shape index (κ3) is 3.36. The predicted octanol–water partition coefficient (Wildman–Crippen LogP) is 1.20. The average Bonchev–Trinajstić information content (AvgIpc) is 2.87. The number of carboxylic acid groups (broad SMARTS) is 1. The fraction of sp³-hybridized carbons (Fsp3) is 0.533. The lowest BCUT2D eigenvalue weighted by Crippen LogP contribution is -2.31. The van der Waals surface area contributed by atoms with E-state index in [0.717, 1.165) is 5.56 Å². The summed E-state index contributed by atoms with van der Waals surface area (Å²) in [4.78, 5) is 13.6. The van der Waals surface area contributed by atoms with Crippen molar-refractivity contribution in [1.82, 2.24) is 4.90 Å². The van der Waals surface area contributed by atoms with Gasteiger partial charge in [0.1, 0.15) is 0 Å². The summed E-state index contributed by atoms with van der Waals surface area (Å²) in [5.74, 6) is -1.32. The molecule has 0 spiro atoms. The Morgan fingerprint density at radius 1 is 1.25 bits per heavy atom. The Labute approximate surface area is 119 Å². The normalized spacial score (nSPS) is 24.7. The first-order valence-corrected chi connectivity index (χ1v) is 6.71. The topological polar surface area (TPSA) is 59.0 Å². The minimum atomic E-state index is -0.800. The second kappa shape index (κ2) is 6.83. The molecule has 3 unspecified atom stereocenters. The number of nitrogens with zero attached hydrogens (tertiary/aromatic N) is 1. The summed E-state index contributed by atoms with van der Waals surface area (Å²) < 4.78 is 10.8. The summed E-state index contributed by atoms with van der Waals surface area (Å²) in [6.45, 7) is 1.87. The lowest BCUT2D eigenvalue weighted by Gasteiger charge is -2.20. The van der Waals surface area contributed by atoms with Gasteiger partial charge in [0.2, 0.25) is 0 Å². The van der Waals surface area contributed by atoms with Crippen LogP contribution in [0.15, 0.2) is 30.3 Å². The van der Waals surface area contributed by atoms with Crippen molar-refractivity contribution >= 4 is 5.97 Å². The van der Waals surface area contributed by atoms with Crippen molar-refractivity contribution < 1.29 is 19.4 Å². The molecule has 20 heavy (non-hydrogen) atoms. The highest BCUT2D eigenvalue weighted by molar-refractivity contribution is 5.76. The number of aliphatic carboxylic acids is 1. The SMILES string of the molecule is COC1CN(CC(C(=O)O)c2ccccc2)CC1OC. The average molecular weight is 279 g/mol. The maximum Gasteiger partial charge on any atom is 0.312 e. The van der Waals surface area contributed by atoms with Gasteiger partial charge in [-0.05, 0) is 5.56 Å². The molecule has 1 saturated heterocycles. The number of hydrogen-bond acceptors (Lipinski definition) is 4. The third-order valence-electron chi connectivity index (χ3n) is 3.84. The van der Waals surface area contributed by atoms with Gasteiger partial charge in [0.15, 0.2) is 0 Å². The second-order valence-electron chi connectivity index (χ2n) is 5.07. The van der Waals surface area contributed by atoms with E-state index < -0.39 is 11.9 Å². The third-order valence-corrected chi connectivity index (χ3v) is 3.84. The van der Waals surface area contributed by atoms with Crippen LogP contribution < -0.4 is 0 Å². The van der Waals surface area contributed by atoms with Gasteiger partial charge in [-0.1, -0.05) is 30.3 Å². The van der Waals surface area contributed by atoms with E-state index in [9.17, 15) is 9.90 Å². The minimum Gasteiger partial charge on any atom is -0.481 e. The van der Waals surface area contributed by atoms with Crippen LogP contribution in [0.5, 0.6) is 0 Å². The molecule has 5 nitrogen and oxygen atoms in total. The fourth-order valence-corrected chi connectivity index (χ4v) is 2.69. The van der Waals surface area contributed by atoms with Crippen molar-refractivity contribution in [1.29, 1.82) is 0 Å². The Hall–Kier alpha value is -1.43. The van der Waals surface area contributed by atoms with E-state index in [1.165, 1.54) is 0 Å². The minimum absolute atomic E-state index is 0.00483. The van der Waals surface area contributed by atoms with Gasteiger partial charge in [-0.25, -0.2) is 0 Å². The molecule has 5 heteroatoms. The van der Waals surface area contributed by atoms with E-state index in [1.807, 2.05) is 30.3 Å². The van der Waals surface area contributed by atoms with E-state index >= 15 is 0 Å². The van der Waals surface area contributed by atoms with Crippen molar-refractivity contribution in [2.24, 2.45) is 0 Å². The smallest absolute Gasteiger partial charge is 0.312 e. The fourth-order valence-electron chi connectivity index (χ4n) is 2.69. The zero-order valence-electron chi connectivity index (χ0n) is 11.9. The quantitative estimate of drug-likeness (QED) is 0.848. The van der Waals surface area contributed by atoms with Gasteiger partial charge in [-0.15, -0.1) is 0 Å². The number of rotatable bonds is 6. The Morgan fingerprint density at radius 3 is 2.25 bits per heavy atom. The number of benzene rings is 1. The molecular weight excluding hydrogens is 258 g/mol. The van der Waals surface area contributed by atoms with Crippen LogP contribution in [0.3, 0.4) is 0 Å². The highest BCUT2D eigenvalue weighted by Gasteiger charge is 2.35. The Bertz CT molecular complexity index is 425. The number of likely N-dealkylation sites (tertiary alicyclic amines) is 1. The van der Waals surface area contributed by atoms with Crippen molar-refractivity contribution in [2.45, 2.75) is 18.1 Å². The van der Waals surface area contributed by atoms with Crippen molar-refractivity contribution in [3.63, 3.8) is 0 Å². The zero-order valence-corrected chi connectivity index (χ0v) is 11.9. The Balaban J connectivity index is 2.05. The van der Waals surface area contributed by atoms with Gasteiger partial charge in [0.25, 0.3) is 0 Å². The first-order chi connectivity index (χ1) is 9.65. The molecule has 2 rings (SSSR count). The largest absolute Gasteiger partial charge is 0.481 e. The molecule has 110 valence electrons. The Morgan fingerprint density at radius 2 is 1.80 bits per heavy atom. The lowest BCUT2D eigenvalue weighted by atomic mass is 9.99. The highest BCUT2D eigenvalue weighted by atomic mass is 16.5. The zero-order chi connectivity index (χ0) is 14.5. The molecule has 0 saturated carbocycles. The van der Waals surface area contributed by atoms with Crippen molar-refractivity contribution in [3.8, 4) is 0 Å². The second-order valence-corrected chi connectivity index (χ2v) is 5.07. The van der Waals surface area contributed by atoms with Crippen LogP contribution >= 0.6 is 0 Å². The van der Waals surface area contributed by atoms with E-state index in [0.29, 0.717) is 19.6 Å². The number of carboxylic acids is 1. The van der Waals surface area contributed by atoms with E-state index in [1.54, 1.807) is 14.2 Å². The highest BCUT2D eigenvalue weighted by Crippen LogP contribution is 2.22. The summed E-state index contributed by atoms with van der Waals surface area (Å²) in [6.07, 6.45) is 0.00966. The molecule has 3 atom stereocenters. The van der Waals surface area contributed by atoms with Gasteiger partial charge >= 0.3 is 5.97 Å². The summed E-state index contributed by atoms with van der Waals surface area (Å²) in [5.41, 5.74) is 0.829. The summed E-state index contributed by atoms with van der Waals surface area (Å²) in [7, 11) is 3.32. The molecule has 1 heterocycles. The molecule has 1 aliphatic heterocycles. The molecule has 0 radical (unpaired) electrons. The predicted molar refractivity (Wildman–Crippen MR) is 74.9 cm³/mol. The van der Waals surface area contributed by atoms with Gasteiger partial charge in [-0.2, -0.15) is 0 Å². The van der Waals surface area contributed by atoms with Crippen LogP contribution in [-0.4, -0.2) is 62.0 Å². The first kappa shape index (κ1) is 15.0. The molecule has 1 fully saturated rings. The van der Waals surface area contributed by atoms with Crippen LogP contribution in [0.25, 0.3) is 0 Å². The molecule has 0 aliphatic carbocycles. The number of methoxy groups -OCH3 is 2. The van der Waals surface area contributed by atoms with Crippen molar-refractivity contribution in [2.75, 3.05) is 33.9 Å². The number of hydrogen-bond donors (Lipinski definition) is 1. The molecule has 0 aromatic heterocycles. The monoisotopic (exact) mass is 279 g/mol. The Kier molecular flexibility index (Phi) is 5.11. The van der Waals surface area contributed by atoms with Crippen LogP contribution in [0.2, 0.25) is 0 Å². The van der Waals surface area contributed by atoms with Gasteiger partial charge in [-0.3, -0.25) is 9.69 Å². The molecule has 1 N–H and O–H groups in total. The van der Waals surface area contributed by atoms with E-state index in [4.69, 9.17) is 9.47 Å². The summed E-state index contributed by atoms with van der Waals surface area (Å²) in [5, 5.41) is 9.44. The van der Waals surface area contributed by atoms with Gasteiger partial charge in [0, 0.05) is 33.9 Å². The van der Waals surface area contributed by atoms with Crippen LogP contribution in [0.1, 0.15) is 11.5 Å². The lowest BCUT2D eigenvalue weighted by molar-refractivity contribution is -0.139. The first-order valence-electron chi connectivity index (χ1n) is 6.71. The maximum atomic E-state index is 11.5. The molecule has 1 aromatic carbocycles. The molecule has 1 aromatic rings. The van der Waals surface area contributed by atoms with Gasteiger partial charge in [0.05, 0.1) is 18.1 Å². The van der Waals surface area contributed by atoms with Crippen LogP contribution in [-0.2, 0) is 14.3 Å². The van der Waals surface area contributed by atoms with Crippen molar-refractivity contribution in [3.05, 3.63) is 35.9 Å². The molecule has 0 amide bonds. The number of carbonyl (C=O) groups is 1. The summed E-state index contributed by atoms with van der Waals surface area (Å²) >= 11 is 0. The molecular formula is C15H21NO4. The maximum absolute atomic E-state index is 11.5. The summed E-state index contributed by atoms with van der Waals surface area (Å²) in [6, 6.07) is 9.34. The van der Waals surface area contributed by atoms with Crippen LogP contribution in [0, 0.1) is 0 Å². The van der Waals surface area contributed by atoms with E-state index in [-0.39, 0.29) is 12.2 Å².